The van der Waals surface area contributed by atoms with Crippen LogP contribution in [-0.4, -0.2) is 76.1 Å². The first kappa shape index (κ1) is 29.2. The molecule has 8 rings (SSSR count). The molecule has 46 heavy (non-hydrogen) atoms. The van der Waals surface area contributed by atoms with Crippen molar-refractivity contribution in [3.05, 3.63) is 71.7 Å². The Bertz CT molecular complexity index is 1940. The maximum absolute atomic E-state index is 16.9. The Morgan fingerprint density at radius 2 is 1.96 bits per heavy atom. The van der Waals surface area contributed by atoms with Gasteiger partial charge in [0.1, 0.15) is 17.8 Å². The summed E-state index contributed by atoms with van der Waals surface area (Å²) >= 11 is 6.64. The quantitative estimate of drug-likeness (QED) is 0.220. The summed E-state index contributed by atoms with van der Waals surface area (Å²) < 4.78 is 23.5. The van der Waals surface area contributed by atoms with E-state index >= 15 is 4.39 Å². The molecule has 2 aromatic carbocycles. The number of amides is 1. The molecule has 0 spiro atoms. The molecule has 8 nitrogen and oxygen atoms in total. The highest BCUT2D eigenvalue weighted by atomic mass is 35.5. The van der Waals surface area contributed by atoms with E-state index in [0.717, 1.165) is 61.7 Å². The van der Waals surface area contributed by atoms with Crippen LogP contribution < -0.4 is 9.64 Å². The van der Waals surface area contributed by atoms with Crippen LogP contribution in [0.1, 0.15) is 37.7 Å². The Morgan fingerprint density at radius 3 is 2.72 bits per heavy atom. The van der Waals surface area contributed by atoms with Gasteiger partial charge in [-0.3, -0.25) is 14.7 Å². The highest BCUT2D eigenvalue weighted by molar-refractivity contribution is 6.36. The van der Waals surface area contributed by atoms with E-state index in [2.05, 4.69) is 27.4 Å². The number of nitriles is 1. The first-order chi connectivity index (χ1) is 22.4. The van der Waals surface area contributed by atoms with E-state index in [0.29, 0.717) is 47.1 Å². The number of hydrogen-bond acceptors (Lipinski definition) is 7. The van der Waals surface area contributed by atoms with E-state index in [1.54, 1.807) is 12.3 Å². The van der Waals surface area contributed by atoms with Crippen molar-refractivity contribution in [2.45, 2.75) is 56.1 Å². The fraction of sp³-hybridized carbons (Fsp3) is 0.389. The van der Waals surface area contributed by atoms with Crippen LogP contribution in [0.3, 0.4) is 0 Å². The molecule has 4 aliphatic heterocycles. The van der Waals surface area contributed by atoms with Crippen molar-refractivity contribution in [1.29, 1.82) is 5.26 Å². The summed E-state index contributed by atoms with van der Waals surface area (Å²) in [7, 11) is 0. The molecule has 6 heterocycles. The second-order valence-electron chi connectivity index (χ2n) is 12.9. The van der Waals surface area contributed by atoms with Crippen molar-refractivity contribution in [2.24, 2.45) is 0 Å². The van der Waals surface area contributed by atoms with Gasteiger partial charge in [-0.25, -0.2) is 9.37 Å². The molecule has 0 aliphatic carbocycles. The molecule has 4 saturated heterocycles. The number of aromatic nitrogens is 2. The van der Waals surface area contributed by atoms with Crippen molar-refractivity contribution in [3.8, 4) is 23.2 Å². The van der Waals surface area contributed by atoms with Gasteiger partial charge in [0.2, 0.25) is 11.8 Å². The minimum atomic E-state index is -0.562. The molecule has 4 fully saturated rings. The third kappa shape index (κ3) is 4.38. The Hall–Kier alpha value is -4.26. The van der Waals surface area contributed by atoms with Crippen molar-refractivity contribution in [2.75, 3.05) is 37.7 Å². The van der Waals surface area contributed by atoms with Crippen molar-refractivity contribution < 1.29 is 13.9 Å². The van der Waals surface area contributed by atoms with Gasteiger partial charge in [-0.1, -0.05) is 48.5 Å². The summed E-state index contributed by atoms with van der Waals surface area (Å²) in [5.41, 5.74) is 2.19. The van der Waals surface area contributed by atoms with Gasteiger partial charge in [-0.15, -0.1) is 0 Å². The SMILES string of the molecule is C=CC(=O)N1CC[C@@H]2[C@H]1CN2c1c(CC#N)c(OCC23CCCN2CCC3)nc2c(F)c(-c3cccc4cccc(Cl)c34)ncc12. The first-order valence-corrected chi connectivity index (χ1v) is 16.4. The summed E-state index contributed by atoms with van der Waals surface area (Å²) in [5.74, 6) is -0.353. The lowest BCUT2D eigenvalue weighted by atomic mass is 9.92. The van der Waals surface area contributed by atoms with Crippen molar-refractivity contribution >= 4 is 44.9 Å². The topological polar surface area (TPSA) is 85.6 Å². The minimum absolute atomic E-state index is 0.0207. The number of nitrogens with zero attached hydrogens (tertiary/aromatic N) is 6. The third-order valence-electron chi connectivity index (χ3n) is 10.7. The molecule has 2 aromatic heterocycles. The number of hydrogen-bond donors (Lipinski definition) is 0. The number of anilines is 1. The largest absolute Gasteiger partial charge is 0.475 e. The van der Waals surface area contributed by atoms with Crippen LogP contribution in [-0.2, 0) is 11.2 Å². The van der Waals surface area contributed by atoms with Crippen molar-refractivity contribution in [3.63, 3.8) is 0 Å². The summed E-state index contributed by atoms with van der Waals surface area (Å²) in [5, 5.41) is 12.7. The van der Waals surface area contributed by atoms with Crippen molar-refractivity contribution in [1.82, 2.24) is 19.8 Å². The van der Waals surface area contributed by atoms with E-state index < -0.39 is 5.82 Å². The normalized spacial score (nSPS) is 21.7. The molecule has 1 amide bonds. The molecule has 0 bridgehead atoms. The van der Waals surface area contributed by atoms with Gasteiger partial charge >= 0.3 is 0 Å². The molecule has 0 saturated carbocycles. The van der Waals surface area contributed by atoms with Gasteiger partial charge in [-0.2, -0.15) is 5.26 Å². The predicted octanol–water partition coefficient (Wildman–Crippen LogP) is 6.29. The number of rotatable bonds is 7. The summed E-state index contributed by atoms with van der Waals surface area (Å²) in [6.45, 7) is 7.40. The molecular weight excluding hydrogens is 603 g/mol. The molecule has 2 atom stereocenters. The van der Waals surface area contributed by atoms with Gasteiger partial charge in [0, 0.05) is 40.6 Å². The fourth-order valence-corrected chi connectivity index (χ4v) is 8.77. The molecule has 234 valence electrons. The maximum atomic E-state index is 16.9. The molecule has 0 unspecified atom stereocenters. The van der Waals surface area contributed by atoms with Crippen LogP contribution >= 0.6 is 11.6 Å². The molecule has 4 aliphatic rings. The Morgan fingerprint density at radius 1 is 1.17 bits per heavy atom. The number of ether oxygens (including phenoxy) is 1. The number of likely N-dealkylation sites (tertiary alicyclic amines) is 1. The lowest BCUT2D eigenvalue weighted by Crippen LogP contribution is -2.63. The van der Waals surface area contributed by atoms with Crippen LogP contribution in [0.25, 0.3) is 32.9 Å². The van der Waals surface area contributed by atoms with Crippen LogP contribution in [0.5, 0.6) is 5.88 Å². The zero-order chi connectivity index (χ0) is 31.6. The van der Waals surface area contributed by atoms with Crippen LogP contribution in [0.15, 0.2) is 55.3 Å². The highest BCUT2D eigenvalue weighted by Crippen LogP contribution is 2.46. The van der Waals surface area contributed by atoms with Crippen LogP contribution in [0.2, 0.25) is 5.02 Å². The summed E-state index contributed by atoms with van der Waals surface area (Å²) in [6.07, 6.45) is 8.18. The summed E-state index contributed by atoms with van der Waals surface area (Å²) in [4.78, 5) is 28.7. The average molecular weight is 637 g/mol. The molecule has 4 aromatic rings. The van der Waals surface area contributed by atoms with Crippen LogP contribution in [0.4, 0.5) is 10.1 Å². The fourth-order valence-electron chi connectivity index (χ4n) is 8.49. The third-order valence-corrected chi connectivity index (χ3v) is 11.0. The Labute approximate surface area is 272 Å². The zero-order valence-electron chi connectivity index (χ0n) is 25.5. The number of fused-ring (bicyclic) bond motifs is 4. The van der Waals surface area contributed by atoms with Gasteiger partial charge in [0.25, 0.3) is 0 Å². The number of halogens is 2. The second kappa shape index (κ2) is 11.2. The Kier molecular flexibility index (Phi) is 7.11. The first-order valence-electron chi connectivity index (χ1n) is 16.1. The zero-order valence-corrected chi connectivity index (χ0v) is 26.3. The number of carbonyl (C=O) groups excluding carboxylic acids is 1. The van der Waals surface area contributed by atoms with Crippen LogP contribution in [0, 0.1) is 17.1 Å². The Balaban J connectivity index is 1.29. The number of benzene rings is 2. The molecule has 10 heteroatoms. The summed E-state index contributed by atoms with van der Waals surface area (Å²) in [6, 6.07) is 13.6. The molecule has 0 N–H and O–H groups in total. The van der Waals surface area contributed by atoms with E-state index in [4.69, 9.17) is 21.3 Å². The lowest BCUT2D eigenvalue weighted by molar-refractivity contribution is -0.127. The monoisotopic (exact) mass is 636 g/mol. The molecular formula is C36H34ClFN6O2. The standard InChI is InChI=1S/C36H34ClFN6O2/c1-2-29(45)43-18-12-27-28(43)20-44(27)34-24(11-15-39)35(46-21-36-13-5-16-42(36)17-6-14-36)41-33-25(34)19-40-32(31(33)38)23-9-3-7-22-8-4-10-26(37)30(22)23/h2-4,7-10,19,27-28H,1,5-6,11-14,16-18,20-21H2/t27-,28-/m1/s1. The number of carbonyl (C=O) groups is 1. The van der Waals surface area contributed by atoms with E-state index in [-0.39, 0.29) is 41.2 Å². The number of pyridine rings is 2. The van der Waals surface area contributed by atoms with E-state index in [1.807, 2.05) is 35.2 Å². The minimum Gasteiger partial charge on any atom is -0.475 e. The molecule has 0 radical (unpaired) electrons. The van der Waals surface area contributed by atoms with E-state index in [1.165, 1.54) is 6.08 Å². The van der Waals surface area contributed by atoms with Gasteiger partial charge in [0.05, 0.1) is 41.4 Å². The van der Waals surface area contributed by atoms with Gasteiger partial charge in [-0.05, 0) is 62.7 Å². The lowest BCUT2D eigenvalue weighted by Gasteiger charge is -2.49. The highest BCUT2D eigenvalue weighted by Gasteiger charge is 2.50. The second-order valence-corrected chi connectivity index (χ2v) is 13.3. The predicted molar refractivity (Wildman–Crippen MR) is 176 cm³/mol. The van der Waals surface area contributed by atoms with Gasteiger partial charge in [0.15, 0.2) is 5.82 Å². The van der Waals surface area contributed by atoms with Gasteiger partial charge < -0.3 is 14.5 Å². The van der Waals surface area contributed by atoms with E-state index in [9.17, 15) is 10.1 Å². The maximum Gasteiger partial charge on any atom is 0.246 e. The average Bonchev–Trinajstić information content (AvgIpc) is 3.73. The smallest absolute Gasteiger partial charge is 0.246 e.